The van der Waals surface area contributed by atoms with E-state index in [1.54, 1.807) is 12.4 Å². The Kier molecular flexibility index (Phi) is 5.64. The highest BCUT2D eigenvalue weighted by Crippen LogP contribution is 2.29. The second kappa shape index (κ2) is 8.90. The summed E-state index contributed by atoms with van der Waals surface area (Å²) in [5, 5.41) is 17.9. The Hall–Kier alpha value is -3.94. The molecule has 168 valence electrons. The predicted molar refractivity (Wildman–Crippen MR) is 130 cm³/mol. The SMILES string of the molecule is CC(C)NC(=O)C1CCCc2ccc(-c3nccc(Nc4ccc5[nH]ncc5c4)n3)cc2N1. The lowest BCUT2D eigenvalue weighted by Crippen LogP contribution is -2.42. The molecule has 8 nitrogen and oxygen atoms in total. The van der Waals surface area contributed by atoms with Crippen LogP contribution in [-0.4, -0.2) is 38.2 Å². The molecule has 0 bridgehead atoms. The summed E-state index contributed by atoms with van der Waals surface area (Å²) in [7, 11) is 0. The molecule has 3 heterocycles. The molecule has 0 saturated carbocycles. The van der Waals surface area contributed by atoms with Gasteiger partial charge in [-0.05, 0) is 69.0 Å². The van der Waals surface area contributed by atoms with Crippen molar-refractivity contribution in [2.75, 3.05) is 10.6 Å². The molecule has 1 aliphatic rings. The number of rotatable bonds is 5. The van der Waals surface area contributed by atoms with Gasteiger partial charge in [0.2, 0.25) is 5.91 Å². The smallest absolute Gasteiger partial charge is 0.242 e. The first-order chi connectivity index (χ1) is 16.0. The zero-order valence-electron chi connectivity index (χ0n) is 18.7. The van der Waals surface area contributed by atoms with Crippen LogP contribution in [-0.2, 0) is 11.2 Å². The maximum absolute atomic E-state index is 12.6. The Morgan fingerprint density at radius 2 is 2.06 bits per heavy atom. The van der Waals surface area contributed by atoms with Crippen LogP contribution in [0.15, 0.2) is 54.9 Å². The largest absolute Gasteiger partial charge is 0.373 e. The van der Waals surface area contributed by atoms with Crippen LogP contribution in [0.2, 0.25) is 0 Å². The third-order valence-corrected chi connectivity index (χ3v) is 5.75. The second-order valence-corrected chi connectivity index (χ2v) is 8.69. The lowest BCUT2D eigenvalue weighted by molar-refractivity contribution is -0.122. The van der Waals surface area contributed by atoms with E-state index in [1.807, 2.05) is 50.2 Å². The maximum Gasteiger partial charge on any atom is 0.242 e. The standard InChI is InChI=1S/C25H27N7O/c1-15(2)28-25(33)21-5-3-4-16-6-7-17(13-22(16)30-21)24-26-11-10-23(31-24)29-19-8-9-20-18(12-19)14-27-32-20/h6-15,21,30H,3-5H2,1-2H3,(H,27,32)(H,28,33)(H,26,29,31). The molecule has 33 heavy (non-hydrogen) atoms. The summed E-state index contributed by atoms with van der Waals surface area (Å²) in [6.07, 6.45) is 6.25. The van der Waals surface area contributed by atoms with Crippen molar-refractivity contribution in [2.45, 2.75) is 45.2 Å². The first kappa shape index (κ1) is 20.9. The first-order valence-electron chi connectivity index (χ1n) is 11.3. The molecule has 4 N–H and O–H groups in total. The Bertz CT molecular complexity index is 1300. The summed E-state index contributed by atoms with van der Waals surface area (Å²) in [6.45, 7) is 3.96. The van der Waals surface area contributed by atoms with Gasteiger partial charge in [0, 0.05) is 34.6 Å². The quantitative estimate of drug-likeness (QED) is 0.366. The highest BCUT2D eigenvalue weighted by molar-refractivity contribution is 5.86. The van der Waals surface area contributed by atoms with Gasteiger partial charge in [0.25, 0.3) is 0 Å². The summed E-state index contributed by atoms with van der Waals surface area (Å²) in [6, 6.07) is 13.9. The van der Waals surface area contributed by atoms with Crippen molar-refractivity contribution < 1.29 is 4.79 Å². The van der Waals surface area contributed by atoms with E-state index in [0.29, 0.717) is 11.6 Å². The van der Waals surface area contributed by atoms with Crippen molar-refractivity contribution in [3.8, 4) is 11.4 Å². The Labute approximate surface area is 192 Å². The van der Waals surface area contributed by atoms with E-state index in [-0.39, 0.29) is 18.0 Å². The number of carbonyl (C=O) groups is 1. The molecule has 0 fully saturated rings. The summed E-state index contributed by atoms with van der Waals surface area (Å²) >= 11 is 0. The number of amides is 1. The van der Waals surface area contributed by atoms with Crippen molar-refractivity contribution in [2.24, 2.45) is 0 Å². The van der Waals surface area contributed by atoms with Gasteiger partial charge in [0.15, 0.2) is 5.82 Å². The van der Waals surface area contributed by atoms with Crippen LogP contribution in [0, 0.1) is 0 Å². The molecule has 4 aromatic rings. The van der Waals surface area contributed by atoms with Crippen LogP contribution in [0.4, 0.5) is 17.2 Å². The van der Waals surface area contributed by atoms with Gasteiger partial charge in [-0.25, -0.2) is 9.97 Å². The zero-order chi connectivity index (χ0) is 22.8. The molecule has 5 rings (SSSR count). The van der Waals surface area contributed by atoms with E-state index in [9.17, 15) is 4.79 Å². The van der Waals surface area contributed by atoms with Crippen molar-refractivity contribution >= 4 is 34.0 Å². The molecule has 0 aliphatic carbocycles. The molecule has 1 atom stereocenters. The number of nitrogens with zero attached hydrogens (tertiary/aromatic N) is 3. The normalized spacial score (nSPS) is 15.5. The van der Waals surface area contributed by atoms with E-state index in [0.717, 1.165) is 47.1 Å². The zero-order valence-corrected chi connectivity index (χ0v) is 18.7. The van der Waals surface area contributed by atoms with Gasteiger partial charge in [0.05, 0.1) is 11.7 Å². The van der Waals surface area contributed by atoms with E-state index in [1.165, 1.54) is 5.56 Å². The lowest BCUT2D eigenvalue weighted by atomic mass is 10.0. The van der Waals surface area contributed by atoms with Crippen molar-refractivity contribution in [3.63, 3.8) is 0 Å². The molecule has 1 unspecified atom stereocenters. The Morgan fingerprint density at radius 3 is 2.94 bits per heavy atom. The number of aromatic amines is 1. The molecule has 0 radical (unpaired) electrons. The van der Waals surface area contributed by atoms with Crippen LogP contribution in [0.1, 0.15) is 32.3 Å². The van der Waals surface area contributed by atoms with Crippen molar-refractivity contribution in [3.05, 3.63) is 60.4 Å². The fraction of sp³-hybridized carbons (Fsp3) is 0.280. The third-order valence-electron chi connectivity index (χ3n) is 5.75. The number of benzene rings is 2. The van der Waals surface area contributed by atoms with E-state index in [4.69, 9.17) is 4.98 Å². The monoisotopic (exact) mass is 441 g/mol. The highest BCUT2D eigenvalue weighted by Gasteiger charge is 2.23. The van der Waals surface area contributed by atoms with Gasteiger partial charge in [-0.1, -0.05) is 12.1 Å². The number of carbonyl (C=O) groups excluding carboxylic acids is 1. The lowest BCUT2D eigenvalue weighted by Gasteiger charge is -2.19. The fourth-order valence-electron chi connectivity index (χ4n) is 4.14. The fourth-order valence-corrected chi connectivity index (χ4v) is 4.14. The molecular weight excluding hydrogens is 414 g/mol. The molecule has 1 amide bonds. The summed E-state index contributed by atoms with van der Waals surface area (Å²) < 4.78 is 0. The molecule has 0 spiro atoms. The van der Waals surface area contributed by atoms with Gasteiger partial charge in [0.1, 0.15) is 11.9 Å². The van der Waals surface area contributed by atoms with Crippen molar-refractivity contribution in [1.82, 2.24) is 25.5 Å². The molecule has 8 heteroatoms. The van der Waals surface area contributed by atoms with Gasteiger partial charge < -0.3 is 16.0 Å². The minimum atomic E-state index is -0.240. The molecular formula is C25H27N7O. The topological polar surface area (TPSA) is 108 Å². The molecule has 2 aromatic heterocycles. The minimum Gasteiger partial charge on any atom is -0.373 e. The number of nitrogens with one attached hydrogen (secondary N) is 4. The van der Waals surface area contributed by atoms with Gasteiger partial charge >= 0.3 is 0 Å². The Morgan fingerprint density at radius 1 is 1.15 bits per heavy atom. The van der Waals surface area contributed by atoms with Gasteiger partial charge in [-0.15, -0.1) is 0 Å². The second-order valence-electron chi connectivity index (χ2n) is 8.69. The molecule has 1 aliphatic heterocycles. The summed E-state index contributed by atoms with van der Waals surface area (Å²) in [5.74, 6) is 1.38. The number of H-pyrrole nitrogens is 1. The van der Waals surface area contributed by atoms with Crippen molar-refractivity contribution in [1.29, 1.82) is 0 Å². The van der Waals surface area contributed by atoms with Crippen LogP contribution in [0.3, 0.4) is 0 Å². The number of aryl methyl sites for hydroxylation is 1. The van der Waals surface area contributed by atoms with Crippen LogP contribution in [0.5, 0.6) is 0 Å². The predicted octanol–water partition coefficient (Wildman–Crippen LogP) is 4.40. The number of hydrogen-bond acceptors (Lipinski definition) is 6. The summed E-state index contributed by atoms with van der Waals surface area (Å²) in [5.41, 5.74) is 5.00. The van der Waals surface area contributed by atoms with Gasteiger partial charge in [-0.2, -0.15) is 5.10 Å². The third kappa shape index (κ3) is 4.64. The molecule has 2 aromatic carbocycles. The maximum atomic E-state index is 12.6. The van der Waals surface area contributed by atoms with E-state index in [2.05, 4.69) is 37.2 Å². The van der Waals surface area contributed by atoms with E-state index >= 15 is 0 Å². The van der Waals surface area contributed by atoms with Crippen LogP contribution >= 0.6 is 0 Å². The number of anilines is 3. The van der Waals surface area contributed by atoms with Crippen LogP contribution in [0.25, 0.3) is 22.3 Å². The van der Waals surface area contributed by atoms with Gasteiger partial charge in [-0.3, -0.25) is 9.89 Å². The average molecular weight is 442 g/mol. The minimum absolute atomic E-state index is 0.0419. The summed E-state index contributed by atoms with van der Waals surface area (Å²) in [4.78, 5) is 21.8. The number of fused-ring (bicyclic) bond motifs is 2. The first-order valence-corrected chi connectivity index (χ1v) is 11.3. The van der Waals surface area contributed by atoms with E-state index < -0.39 is 0 Å². The number of aromatic nitrogens is 4. The number of hydrogen-bond donors (Lipinski definition) is 4. The van der Waals surface area contributed by atoms with Crippen LogP contribution < -0.4 is 16.0 Å². The average Bonchev–Trinajstić information content (AvgIpc) is 3.16. The Balaban J connectivity index is 1.38. The highest BCUT2D eigenvalue weighted by atomic mass is 16.2. The molecule has 0 saturated heterocycles.